The van der Waals surface area contributed by atoms with Crippen LogP contribution in [0.15, 0.2) is 54.6 Å². The van der Waals surface area contributed by atoms with E-state index in [1.165, 1.54) is 5.56 Å². The number of carbonyl (C=O) groups excluding carboxylic acids is 1. The average molecular weight is 367 g/mol. The van der Waals surface area contributed by atoms with Crippen LogP contribution < -0.4 is 10.1 Å². The first-order valence-electron chi connectivity index (χ1n) is 9.92. The topological polar surface area (TPSA) is 41.6 Å². The molecule has 0 aromatic heterocycles. The van der Waals surface area contributed by atoms with Gasteiger partial charge in [0, 0.05) is 6.54 Å². The van der Waals surface area contributed by atoms with Crippen molar-refractivity contribution in [2.45, 2.75) is 45.2 Å². The third-order valence-electron chi connectivity index (χ3n) is 5.24. The van der Waals surface area contributed by atoms with Crippen LogP contribution in [0, 0.1) is 6.92 Å². The second-order valence-electron chi connectivity index (χ2n) is 7.35. The maximum atomic E-state index is 12.9. The first kappa shape index (κ1) is 19.4. The fourth-order valence-corrected chi connectivity index (χ4v) is 3.60. The number of amides is 1. The van der Waals surface area contributed by atoms with Gasteiger partial charge in [0.05, 0.1) is 12.1 Å². The van der Waals surface area contributed by atoms with Crippen molar-refractivity contribution >= 4 is 5.91 Å². The number of para-hydroxylation sites is 1. The molecule has 2 aromatic carbocycles. The Kier molecular flexibility index (Phi) is 6.88. The van der Waals surface area contributed by atoms with Gasteiger partial charge in [-0.15, -0.1) is 0 Å². The molecule has 1 aliphatic heterocycles. The molecule has 2 atom stereocenters. The first-order valence-corrected chi connectivity index (χ1v) is 9.92. The monoisotopic (exact) mass is 366 g/mol. The first-order chi connectivity index (χ1) is 13.1. The molecule has 0 saturated carbocycles. The summed E-state index contributed by atoms with van der Waals surface area (Å²) in [5, 5.41) is 3.20. The van der Waals surface area contributed by atoms with E-state index in [0.717, 1.165) is 43.7 Å². The van der Waals surface area contributed by atoms with Crippen LogP contribution in [-0.2, 0) is 4.79 Å². The molecule has 0 bridgehead atoms. The Morgan fingerprint density at radius 2 is 1.89 bits per heavy atom. The summed E-state index contributed by atoms with van der Waals surface area (Å²) in [6.45, 7) is 6.45. The van der Waals surface area contributed by atoms with Crippen molar-refractivity contribution in [3.05, 3.63) is 65.7 Å². The van der Waals surface area contributed by atoms with Crippen LogP contribution in [0.25, 0.3) is 0 Å². The Morgan fingerprint density at radius 1 is 1.15 bits per heavy atom. The van der Waals surface area contributed by atoms with Crippen LogP contribution in [0.2, 0.25) is 0 Å². The highest BCUT2D eigenvalue weighted by molar-refractivity contribution is 5.82. The molecule has 27 heavy (non-hydrogen) atoms. The zero-order valence-corrected chi connectivity index (χ0v) is 16.4. The standard InChI is InChI=1S/C23H30N2O2/c1-18-11-13-20(14-12-18)19(2)24-23(26)22-10-6-7-15-25(22)16-17-27-21-8-4-3-5-9-21/h3-5,8-9,11-14,19,22H,6-7,10,15-17H2,1-2H3,(H,24,26)/t19-,22+/m0/s1. The second kappa shape index (κ2) is 9.56. The predicted molar refractivity (Wildman–Crippen MR) is 109 cm³/mol. The Hall–Kier alpha value is -2.33. The Labute approximate surface area is 162 Å². The lowest BCUT2D eigenvalue weighted by atomic mass is 10.00. The Bertz CT molecular complexity index is 715. The molecule has 144 valence electrons. The zero-order valence-electron chi connectivity index (χ0n) is 16.4. The molecular formula is C23H30N2O2. The number of nitrogens with one attached hydrogen (secondary N) is 1. The van der Waals surface area contributed by atoms with Crippen molar-refractivity contribution in [2.75, 3.05) is 19.7 Å². The number of benzene rings is 2. The van der Waals surface area contributed by atoms with E-state index in [0.29, 0.717) is 6.61 Å². The summed E-state index contributed by atoms with van der Waals surface area (Å²) >= 11 is 0. The minimum Gasteiger partial charge on any atom is -0.492 e. The molecule has 1 N–H and O–H groups in total. The molecule has 4 heteroatoms. The highest BCUT2D eigenvalue weighted by atomic mass is 16.5. The maximum Gasteiger partial charge on any atom is 0.237 e. The van der Waals surface area contributed by atoms with E-state index < -0.39 is 0 Å². The number of hydrogen-bond acceptors (Lipinski definition) is 3. The van der Waals surface area contributed by atoms with Crippen molar-refractivity contribution in [3.8, 4) is 5.75 Å². The summed E-state index contributed by atoms with van der Waals surface area (Å²) in [6, 6.07) is 18.2. The van der Waals surface area contributed by atoms with Crippen molar-refractivity contribution in [1.82, 2.24) is 10.2 Å². The highest BCUT2D eigenvalue weighted by Crippen LogP contribution is 2.19. The third kappa shape index (κ3) is 5.57. The summed E-state index contributed by atoms with van der Waals surface area (Å²) in [4.78, 5) is 15.2. The van der Waals surface area contributed by atoms with Gasteiger partial charge >= 0.3 is 0 Å². The van der Waals surface area contributed by atoms with Gasteiger partial charge in [0.1, 0.15) is 12.4 Å². The Morgan fingerprint density at radius 3 is 2.63 bits per heavy atom. The minimum atomic E-state index is -0.0639. The number of nitrogens with zero attached hydrogens (tertiary/aromatic N) is 1. The normalized spacial score (nSPS) is 18.7. The molecule has 3 rings (SSSR count). The predicted octanol–water partition coefficient (Wildman–Crippen LogP) is 4.11. The van der Waals surface area contributed by atoms with Crippen molar-refractivity contribution in [2.24, 2.45) is 0 Å². The number of likely N-dealkylation sites (tertiary alicyclic amines) is 1. The van der Waals surface area contributed by atoms with E-state index in [4.69, 9.17) is 4.74 Å². The lowest BCUT2D eigenvalue weighted by Crippen LogP contribution is -2.51. The van der Waals surface area contributed by atoms with Crippen molar-refractivity contribution < 1.29 is 9.53 Å². The summed E-state index contributed by atoms with van der Waals surface area (Å²) in [6.07, 6.45) is 3.16. The quantitative estimate of drug-likeness (QED) is 0.802. The molecule has 1 fully saturated rings. The molecule has 0 radical (unpaired) electrons. The number of rotatable bonds is 7. The molecule has 1 amide bonds. The van der Waals surface area contributed by atoms with Crippen molar-refractivity contribution in [1.29, 1.82) is 0 Å². The van der Waals surface area contributed by atoms with Crippen LogP contribution in [0.1, 0.15) is 43.4 Å². The summed E-state index contributed by atoms with van der Waals surface area (Å²) in [5.74, 6) is 1.01. The molecule has 0 aliphatic carbocycles. The molecule has 4 nitrogen and oxygen atoms in total. The molecule has 1 heterocycles. The maximum absolute atomic E-state index is 12.9. The van der Waals surface area contributed by atoms with E-state index in [9.17, 15) is 4.79 Å². The second-order valence-corrected chi connectivity index (χ2v) is 7.35. The van der Waals surface area contributed by atoms with Crippen LogP contribution in [-0.4, -0.2) is 36.5 Å². The molecule has 2 aromatic rings. The van der Waals surface area contributed by atoms with Gasteiger partial charge in [-0.05, 0) is 50.9 Å². The molecular weight excluding hydrogens is 336 g/mol. The molecule has 1 aliphatic rings. The largest absolute Gasteiger partial charge is 0.492 e. The van der Waals surface area contributed by atoms with Crippen LogP contribution in [0.4, 0.5) is 0 Å². The summed E-state index contributed by atoms with van der Waals surface area (Å²) in [7, 11) is 0. The highest BCUT2D eigenvalue weighted by Gasteiger charge is 2.29. The molecule has 0 unspecified atom stereocenters. The number of carbonyl (C=O) groups is 1. The van der Waals surface area contributed by atoms with Crippen LogP contribution in [0.3, 0.4) is 0 Å². The summed E-state index contributed by atoms with van der Waals surface area (Å²) < 4.78 is 5.83. The van der Waals surface area contributed by atoms with Gasteiger partial charge in [0.25, 0.3) is 0 Å². The average Bonchev–Trinajstić information content (AvgIpc) is 2.69. The lowest BCUT2D eigenvalue weighted by molar-refractivity contribution is -0.128. The summed E-state index contributed by atoms with van der Waals surface area (Å²) in [5.41, 5.74) is 2.37. The third-order valence-corrected chi connectivity index (χ3v) is 5.24. The van der Waals surface area contributed by atoms with Gasteiger partial charge in [-0.1, -0.05) is 54.4 Å². The number of ether oxygens (including phenoxy) is 1. The fourth-order valence-electron chi connectivity index (χ4n) is 3.60. The van der Waals surface area contributed by atoms with Gasteiger partial charge in [-0.2, -0.15) is 0 Å². The van der Waals surface area contributed by atoms with Gasteiger partial charge in [0.15, 0.2) is 0 Å². The fraction of sp³-hybridized carbons (Fsp3) is 0.435. The minimum absolute atomic E-state index is 0.0162. The van der Waals surface area contributed by atoms with E-state index in [1.54, 1.807) is 0 Å². The van der Waals surface area contributed by atoms with E-state index in [-0.39, 0.29) is 18.0 Å². The Balaban J connectivity index is 1.53. The number of aryl methyl sites for hydroxylation is 1. The van der Waals surface area contributed by atoms with Gasteiger partial charge in [-0.3, -0.25) is 9.69 Å². The van der Waals surface area contributed by atoms with E-state index in [2.05, 4.69) is 41.4 Å². The molecule has 0 spiro atoms. The van der Waals surface area contributed by atoms with Crippen LogP contribution in [0.5, 0.6) is 5.75 Å². The van der Waals surface area contributed by atoms with E-state index >= 15 is 0 Å². The SMILES string of the molecule is Cc1ccc([C@H](C)NC(=O)[C@H]2CCCCN2CCOc2ccccc2)cc1. The van der Waals surface area contributed by atoms with Gasteiger partial charge < -0.3 is 10.1 Å². The van der Waals surface area contributed by atoms with Crippen molar-refractivity contribution in [3.63, 3.8) is 0 Å². The lowest BCUT2D eigenvalue weighted by Gasteiger charge is -2.35. The number of piperidine rings is 1. The van der Waals surface area contributed by atoms with Gasteiger partial charge in [0.2, 0.25) is 5.91 Å². The van der Waals surface area contributed by atoms with E-state index in [1.807, 2.05) is 37.3 Å². The van der Waals surface area contributed by atoms with Crippen LogP contribution >= 0.6 is 0 Å². The number of hydrogen-bond donors (Lipinski definition) is 1. The molecule has 1 saturated heterocycles. The zero-order chi connectivity index (χ0) is 19.1. The van der Waals surface area contributed by atoms with Gasteiger partial charge in [-0.25, -0.2) is 0 Å². The smallest absolute Gasteiger partial charge is 0.237 e.